The summed E-state index contributed by atoms with van der Waals surface area (Å²) in [6.45, 7) is 4.61. The zero-order valence-corrected chi connectivity index (χ0v) is 11.8. The molecule has 0 aromatic heterocycles. The highest BCUT2D eigenvalue weighted by Crippen LogP contribution is 2.30. The first-order chi connectivity index (χ1) is 9.28. The molecule has 1 aliphatic carbocycles. The van der Waals surface area contributed by atoms with Crippen molar-refractivity contribution in [3.05, 3.63) is 29.3 Å². The minimum atomic E-state index is 0.393. The SMILES string of the molecule is CCN(Cc1cc(C#CCN)ccc1OC)C1CC1. The molecule has 0 bridgehead atoms. The normalized spacial score (nSPS) is 14.1. The molecule has 0 aliphatic heterocycles. The van der Waals surface area contributed by atoms with E-state index in [-0.39, 0.29) is 0 Å². The number of nitrogens with two attached hydrogens (primary N) is 1. The number of benzene rings is 1. The third kappa shape index (κ3) is 3.73. The van der Waals surface area contributed by atoms with E-state index in [1.165, 1.54) is 18.4 Å². The van der Waals surface area contributed by atoms with Crippen molar-refractivity contribution in [2.45, 2.75) is 32.4 Å². The lowest BCUT2D eigenvalue weighted by Gasteiger charge is -2.21. The maximum absolute atomic E-state index is 5.45. The van der Waals surface area contributed by atoms with Crippen molar-refractivity contribution in [3.8, 4) is 17.6 Å². The number of hydrogen-bond acceptors (Lipinski definition) is 3. The Kier molecular flexibility index (Phi) is 4.84. The summed E-state index contributed by atoms with van der Waals surface area (Å²) >= 11 is 0. The van der Waals surface area contributed by atoms with Crippen LogP contribution in [-0.4, -0.2) is 31.1 Å². The lowest BCUT2D eigenvalue weighted by Crippen LogP contribution is -2.25. The monoisotopic (exact) mass is 258 g/mol. The van der Waals surface area contributed by atoms with Gasteiger partial charge in [0.1, 0.15) is 5.75 Å². The van der Waals surface area contributed by atoms with E-state index in [0.29, 0.717) is 6.54 Å². The first-order valence-corrected chi connectivity index (χ1v) is 6.88. The molecule has 1 aromatic carbocycles. The highest BCUT2D eigenvalue weighted by molar-refractivity contribution is 5.44. The summed E-state index contributed by atoms with van der Waals surface area (Å²) < 4.78 is 5.45. The molecule has 0 spiro atoms. The van der Waals surface area contributed by atoms with Gasteiger partial charge >= 0.3 is 0 Å². The van der Waals surface area contributed by atoms with Crippen LogP contribution < -0.4 is 10.5 Å². The van der Waals surface area contributed by atoms with Gasteiger partial charge in [0.25, 0.3) is 0 Å². The summed E-state index contributed by atoms with van der Waals surface area (Å²) in [6, 6.07) is 6.86. The average molecular weight is 258 g/mol. The largest absolute Gasteiger partial charge is 0.496 e. The van der Waals surface area contributed by atoms with E-state index < -0.39 is 0 Å². The van der Waals surface area contributed by atoms with Gasteiger partial charge in [-0.3, -0.25) is 4.90 Å². The molecule has 19 heavy (non-hydrogen) atoms. The van der Waals surface area contributed by atoms with Crippen molar-refractivity contribution >= 4 is 0 Å². The van der Waals surface area contributed by atoms with E-state index in [1.807, 2.05) is 12.1 Å². The maximum atomic E-state index is 5.45. The molecule has 2 N–H and O–H groups in total. The maximum Gasteiger partial charge on any atom is 0.123 e. The van der Waals surface area contributed by atoms with Gasteiger partial charge in [0.15, 0.2) is 0 Å². The molecule has 1 saturated carbocycles. The Morgan fingerprint density at radius 2 is 2.21 bits per heavy atom. The van der Waals surface area contributed by atoms with Gasteiger partial charge in [-0.1, -0.05) is 18.8 Å². The fourth-order valence-corrected chi connectivity index (χ4v) is 2.29. The molecule has 0 radical (unpaired) electrons. The molecule has 0 heterocycles. The minimum absolute atomic E-state index is 0.393. The van der Waals surface area contributed by atoms with Crippen LogP contribution in [0, 0.1) is 11.8 Å². The summed E-state index contributed by atoms with van der Waals surface area (Å²) in [5, 5.41) is 0. The van der Waals surface area contributed by atoms with Gasteiger partial charge < -0.3 is 10.5 Å². The van der Waals surface area contributed by atoms with Gasteiger partial charge in [0, 0.05) is 23.7 Å². The van der Waals surface area contributed by atoms with Crippen molar-refractivity contribution in [2.24, 2.45) is 5.73 Å². The standard InChI is InChI=1S/C16H22N2O/c1-3-18(15-7-8-15)12-14-11-13(5-4-10-17)6-9-16(14)19-2/h6,9,11,15H,3,7-8,10,12,17H2,1-2H3. The quantitative estimate of drug-likeness (QED) is 0.821. The van der Waals surface area contributed by atoms with Crippen LogP contribution in [0.3, 0.4) is 0 Å². The van der Waals surface area contributed by atoms with E-state index in [9.17, 15) is 0 Å². The highest BCUT2D eigenvalue weighted by Gasteiger charge is 2.28. The van der Waals surface area contributed by atoms with E-state index >= 15 is 0 Å². The molecule has 0 saturated heterocycles. The lowest BCUT2D eigenvalue weighted by molar-refractivity contribution is 0.264. The van der Waals surface area contributed by atoms with Crippen LogP contribution in [-0.2, 0) is 6.54 Å². The summed E-state index contributed by atoms with van der Waals surface area (Å²) in [6.07, 6.45) is 2.64. The fraction of sp³-hybridized carbons (Fsp3) is 0.500. The Labute approximate surface area is 115 Å². The van der Waals surface area contributed by atoms with E-state index in [2.05, 4.69) is 29.7 Å². The fourth-order valence-electron chi connectivity index (χ4n) is 2.29. The van der Waals surface area contributed by atoms with Gasteiger partial charge in [-0.25, -0.2) is 0 Å². The van der Waals surface area contributed by atoms with Gasteiger partial charge in [-0.2, -0.15) is 0 Å². The number of rotatable bonds is 5. The first-order valence-electron chi connectivity index (χ1n) is 6.88. The van der Waals surface area contributed by atoms with Crippen LogP contribution in [0.4, 0.5) is 0 Å². The van der Waals surface area contributed by atoms with Gasteiger partial charge in [-0.15, -0.1) is 0 Å². The smallest absolute Gasteiger partial charge is 0.123 e. The highest BCUT2D eigenvalue weighted by atomic mass is 16.5. The van der Waals surface area contributed by atoms with Gasteiger partial charge in [0.2, 0.25) is 0 Å². The second kappa shape index (κ2) is 6.60. The van der Waals surface area contributed by atoms with Crippen LogP contribution >= 0.6 is 0 Å². The molecule has 3 heteroatoms. The van der Waals surface area contributed by atoms with Crippen LogP contribution in [0.1, 0.15) is 30.9 Å². The zero-order chi connectivity index (χ0) is 13.7. The molecule has 1 aromatic rings. The molecular weight excluding hydrogens is 236 g/mol. The Morgan fingerprint density at radius 1 is 1.42 bits per heavy atom. The minimum Gasteiger partial charge on any atom is -0.496 e. The third-order valence-corrected chi connectivity index (χ3v) is 3.46. The van der Waals surface area contributed by atoms with Gasteiger partial charge in [0.05, 0.1) is 13.7 Å². The number of hydrogen-bond donors (Lipinski definition) is 1. The molecule has 3 nitrogen and oxygen atoms in total. The summed E-state index contributed by atoms with van der Waals surface area (Å²) in [5.41, 5.74) is 7.63. The van der Waals surface area contributed by atoms with Crippen molar-refractivity contribution in [2.75, 3.05) is 20.2 Å². The van der Waals surface area contributed by atoms with Crippen molar-refractivity contribution in [1.29, 1.82) is 0 Å². The second-order valence-corrected chi connectivity index (χ2v) is 4.83. The van der Waals surface area contributed by atoms with E-state index in [0.717, 1.165) is 30.4 Å². The van der Waals surface area contributed by atoms with Crippen LogP contribution in [0.2, 0.25) is 0 Å². The average Bonchev–Trinajstić information content (AvgIpc) is 3.27. The molecule has 1 fully saturated rings. The van der Waals surface area contributed by atoms with Crippen LogP contribution in [0.25, 0.3) is 0 Å². The predicted molar refractivity (Wildman–Crippen MR) is 78.0 cm³/mol. The Morgan fingerprint density at radius 3 is 2.79 bits per heavy atom. The molecule has 0 unspecified atom stereocenters. The lowest BCUT2D eigenvalue weighted by atomic mass is 10.1. The molecule has 0 amide bonds. The van der Waals surface area contributed by atoms with Crippen LogP contribution in [0.5, 0.6) is 5.75 Å². The zero-order valence-electron chi connectivity index (χ0n) is 11.8. The van der Waals surface area contributed by atoms with Crippen molar-refractivity contribution < 1.29 is 4.74 Å². The Balaban J connectivity index is 2.19. The predicted octanol–water partition coefficient (Wildman–Crippen LogP) is 1.99. The first kappa shape index (κ1) is 13.9. The molecule has 0 atom stereocenters. The molecule has 1 aliphatic rings. The number of nitrogens with zero attached hydrogens (tertiary/aromatic N) is 1. The summed E-state index contributed by atoms with van der Waals surface area (Å²) in [5.74, 6) is 6.92. The van der Waals surface area contributed by atoms with Gasteiger partial charge in [-0.05, 0) is 37.6 Å². The molecule has 2 rings (SSSR count). The molecule has 102 valence electrons. The van der Waals surface area contributed by atoms with Crippen molar-refractivity contribution in [1.82, 2.24) is 4.90 Å². The second-order valence-electron chi connectivity index (χ2n) is 4.83. The molecular formula is C16H22N2O. The Hall–Kier alpha value is -1.50. The van der Waals surface area contributed by atoms with Crippen LogP contribution in [0.15, 0.2) is 18.2 Å². The third-order valence-electron chi connectivity index (χ3n) is 3.46. The Bertz CT molecular complexity index is 483. The van der Waals surface area contributed by atoms with E-state index in [1.54, 1.807) is 7.11 Å². The summed E-state index contributed by atoms with van der Waals surface area (Å²) in [4.78, 5) is 2.50. The van der Waals surface area contributed by atoms with Crippen molar-refractivity contribution in [3.63, 3.8) is 0 Å². The topological polar surface area (TPSA) is 38.5 Å². The number of methoxy groups -OCH3 is 1. The van der Waals surface area contributed by atoms with E-state index in [4.69, 9.17) is 10.5 Å². The summed E-state index contributed by atoms with van der Waals surface area (Å²) in [7, 11) is 1.72. The number of ether oxygens (including phenoxy) is 1.